The number of hydrogen-bond acceptors (Lipinski definition) is 3. The van der Waals surface area contributed by atoms with Gasteiger partial charge >= 0.3 is 0 Å². The fourth-order valence-electron chi connectivity index (χ4n) is 2.61. The monoisotopic (exact) mass is 256 g/mol. The first-order valence-corrected chi connectivity index (χ1v) is 7.62. The van der Waals surface area contributed by atoms with E-state index in [1.807, 2.05) is 0 Å². The zero-order chi connectivity index (χ0) is 13.4. The molecule has 1 unspecified atom stereocenters. The number of rotatable bonds is 8. The van der Waals surface area contributed by atoms with Crippen LogP contribution in [0.5, 0.6) is 0 Å². The van der Waals surface area contributed by atoms with Crippen molar-refractivity contribution in [2.45, 2.75) is 58.6 Å². The van der Waals surface area contributed by atoms with Crippen LogP contribution in [0.4, 0.5) is 0 Å². The Hall–Kier alpha value is -0.120. The van der Waals surface area contributed by atoms with Crippen molar-refractivity contribution in [3.8, 4) is 0 Å². The number of nitrogens with one attached hydrogen (secondary N) is 1. The molecular weight excluding hydrogens is 224 g/mol. The molecule has 1 saturated heterocycles. The Morgan fingerprint density at radius 3 is 2.50 bits per heavy atom. The van der Waals surface area contributed by atoms with Crippen LogP contribution in [0.15, 0.2) is 0 Å². The Morgan fingerprint density at radius 1 is 1.22 bits per heavy atom. The molecule has 0 radical (unpaired) electrons. The maximum Gasteiger partial charge on any atom is 0.0599 e. The van der Waals surface area contributed by atoms with Gasteiger partial charge < -0.3 is 15.0 Å². The van der Waals surface area contributed by atoms with Gasteiger partial charge in [0.25, 0.3) is 0 Å². The maximum absolute atomic E-state index is 5.93. The molecule has 1 fully saturated rings. The Kier molecular flexibility index (Phi) is 7.87. The third kappa shape index (κ3) is 6.72. The molecule has 1 heterocycles. The van der Waals surface area contributed by atoms with Crippen molar-refractivity contribution < 1.29 is 4.74 Å². The molecule has 0 saturated carbocycles. The second-order valence-corrected chi connectivity index (χ2v) is 6.13. The van der Waals surface area contributed by atoms with Gasteiger partial charge in [0.2, 0.25) is 0 Å². The molecule has 0 bridgehead atoms. The van der Waals surface area contributed by atoms with Gasteiger partial charge in [0, 0.05) is 19.2 Å². The van der Waals surface area contributed by atoms with Crippen LogP contribution < -0.4 is 5.32 Å². The lowest BCUT2D eigenvalue weighted by molar-refractivity contribution is 0.0271. The standard InChI is InChI=1S/C15H32N2O/c1-13(2)12-14(3)17(4)10-5-11-18-15-6-8-16-9-7-15/h13-16H,5-12H2,1-4H3. The summed E-state index contributed by atoms with van der Waals surface area (Å²) in [6, 6.07) is 0.684. The van der Waals surface area contributed by atoms with Crippen LogP contribution in [-0.4, -0.2) is 50.3 Å². The third-order valence-corrected chi connectivity index (χ3v) is 3.86. The maximum atomic E-state index is 5.93. The average Bonchev–Trinajstić information content (AvgIpc) is 2.34. The smallest absolute Gasteiger partial charge is 0.0599 e. The summed E-state index contributed by atoms with van der Waals surface area (Å²) in [7, 11) is 2.23. The normalized spacial score (nSPS) is 19.7. The highest BCUT2D eigenvalue weighted by Crippen LogP contribution is 2.11. The molecule has 0 aromatic rings. The van der Waals surface area contributed by atoms with Crippen molar-refractivity contribution in [3.63, 3.8) is 0 Å². The first-order chi connectivity index (χ1) is 8.59. The van der Waals surface area contributed by atoms with Crippen LogP contribution >= 0.6 is 0 Å². The highest BCUT2D eigenvalue weighted by molar-refractivity contribution is 4.69. The van der Waals surface area contributed by atoms with Crippen LogP contribution in [0, 0.1) is 5.92 Å². The molecule has 0 aromatic heterocycles. The molecule has 0 aromatic carbocycles. The lowest BCUT2D eigenvalue weighted by atomic mass is 10.0. The van der Waals surface area contributed by atoms with E-state index in [-0.39, 0.29) is 0 Å². The van der Waals surface area contributed by atoms with E-state index in [1.165, 1.54) is 19.3 Å². The van der Waals surface area contributed by atoms with Gasteiger partial charge in [0.15, 0.2) is 0 Å². The fraction of sp³-hybridized carbons (Fsp3) is 1.00. The van der Waals surface area contributed by atoms with E-state index < -0.39 is 0 Å². The van der Waals surface area contributed by atoms with Crippen molar-refractivity contribution in [2.24, 2.45) is 5.92 Å². The largest absolute Gasteiger partial charge is 0.378 e. The highest BCUT2D eigenvalue weighted by Gasteiger charge is 2.14. The Bertz CT molecular complexity index is 203. The number of ether oxygens (including phenoxy) is 1. The molecule has 1 atom stereocenters. The lowest BCUT2D eigenvalue weighted by Gasteiger charge is -2.27. The first-order valence-electron chi connectivity index (χ1n) is 7.62. The predicted octanol–water partition coefficient (Wildman–Crippen LogP) is 2.51. The van der Waals surface area contributed by atoms with Gasteiger partial charge in [-0.2, -0.15) is 0 Å². The van der Waals surface area contributed by atoms with Gasteiger partial charge in [-0.15, -0.1) is 0 Å². The second-order valence-electron chi connectivity index (χ2n) is 6.13. The topological polar surface area (TPSA) is 24.5 Å². The van der Waals surface area contributed by atoms with Crippen molar-refractivity contribution in [2.75, 3.05) is 33.3 Å². The van der Waals surface area contributed by atoms with E-state index in [1.54, 1.807) is 0 Å². The summed E-state index contributed by atoms with van der Waals surface area (Å²) in [5, 5.41) is 3.37. The van der Waals surface area contributed by atoms with Gasteiger partial charge in [-0.1, -0.05) is 13.8 Å². The highest BCUT2D eigenvalue weighted by atomic mass is 16.5. The summed E-state index contributed by atoms with van der Waals surface area (Å²) in [4.78, 5) is 2.46. The number of nitrogens with zero attached hydrogens (tertiary/aromatic N) is 1. The van der Waals surface area contributed by atoms with Gasteiger partial charge in [0.1, 0.15) is 0 Å². The van der Waals surface area contributed by atoms with E-state index >= 15 is 0 Å². The summed E-state index contributed by atoms with van der Waals surface area (Å²) in [5.74, 6) is 0.786. The van der Waals surface area contributed by atoms with Crippen LogP contribution in [0.1, 0.15) is 46.5 Å². The van der Waals surface area contributed by atoms with E-state index in [0.717, 1.165) is 38.6 Å². The van der Waals surface area contributed by atoms with Crippen LogP contribution in [-0.2, 0) is 4.74 Å². The fourth-order valence-corrected chi connectivity index (χ4v) is 2.61. The van der Waals surface area contributed by atoms with Crippen LogP contribution in [0.2, 0.25) is 0 Å². The molecule has 108 valence electrons. The summed E-state index contributed by atoms with van der Waals surface area (Å²) < 4.78 is 5.93. The molecule has 0 aliphatic carbocycles. The van der Waals surface area contributed by atoms with Gasteiger partial charge in [0.05, 0.1) is 6.10 Å². The lowest BCUT2D eigenvalue weighted by Crippen LogP contribution is -2.34. The molecule has 1 aliphatic rings. The SMILES string of the molecule is CC(C)CC(C)N(C)CCCOC1CCNCC1. The number of piperidine rings is 1. The molecule has 3 nitrogen and oxygen atoms in total. The second kappa shape index (κ2) is 8.89. The van der Waals surface area contributed by atoms with E-state index in [0.29, 0.717) is 12.1 Å². The van der Waals surface area contributed by atoms with Crippen molar-refractivity contribution in [1.29, 1.82) is 0 Å². The minimum absolute atomic E-state index is 0.504. The molecular formula is C15H32N2O. The van der Waals surface area contributed by atoms with Crippen molar-refractivity contribution in [3.05, 3.63) is 0 Å². The summed E-state index contributed by atoms with van der Waals surface area (Å²) >= 11 is 0. The minimum atomic E-state index is 0.504. The summed E-state index contributed by atoms with van der Waals surface area (Å²) in [6.07, 6.45) is 5.30. The van der Waals surface area contributed by atoms with Gasteiger partial charge in [-0.25, -0.2) is 0 Å². The van der Waals surface area contributed by atoms with Gasteiger partial charge in [-0.05, 0) is 58.7 Å². The van der Waals surface area contributed by atoms with E-state index in [2.05, 4.69) is 38.0 Å². The zero-order valence-electron chi connectivity index (χ0n) is 12.7. The molecule has 1 N–H and O–H groups in total. The van der Waals surface area contributed by atoms with Crippen LogP contribution in [0.3, 0.4) is 0 Å². The molecule has 3 heteroatoms. The Labute approximate surface area is 113 Å². The predicted molar refractivity (Wildman–Crippen MR) is 78.0 cm³/mol. The van der Waals surface area contributed by atoms with Crippen molar-refractivity contribution >= 4 is 0 Å². The summed E-state index contributed by atoms with van der Waals surface area (Å²) in [6.45, 7) is 11.2. The zero-order valence-corrected chi connectivity index (χ0v) is 12.7. The number of hydrogen-bond donors (Lipinski definition) is 1. The quantitative estimate of drug-likeness (QED) is 0.675. The van der Waals surface area contributed by atoms with Crippen molar-refractivity contribution in [1.82, 2.24) is 10.2 Å². The first kappa shape index (κ1) is 15.9. The van der Waals surface area contributed by atoms with E-state index in [4.69, 9.17) is 4.74 Å². The molecule has 1 aliphatic heterocycles. The average molecular weight is 256 g/mol. The molecule has 0 amide bonds. The molecule has 0 spiro atoms. The van der Waals surface area contributed by atoms with Gasteiger partial charge in [-0.3, -0.25) is 0 Å². The molecule has 18 heavy (non-hydrogen) atoms. The molecule has 1 rings (SSSR count). The Balaban J connectivity index is 2.02. The third-order valence-electron chi connectivity index (χ3n) is 3.86. The summed E-state index contributed by atoms with van der Waals surface area (Å²) in [5.41, 5.74) is 0. The van der Waals surface area contributed by atoms with Crippen LogP contribution in [0.25, 0.3) is 0 Å². The Morgan fingerprint density at radius 2 is 1.89 bits per heavy atom. The van der Waals surface area contributed by atoms with E-state index in [9.17, 15) is 0 Å². The minimum Gasteiger partial charge on any atom is -0.378 e.